The van der Waals surface area contributed by atoms with Gasteiger partial charge in [0.05, 0.1) is 5.56 Å². The minimum Gasteiger partial charge on any atom is -0.478 e. The Hall–Kier alpha value is -1.77. The van der Waals surface area contributed by atoms with Crippen molar-refractivity contribution in [2.24, 2.45) is 0 Å². The Morgan fingerprint density at radius 2 is 2.06 bits per heavy atom. The minimum atomic E-state index is -0.872. The lowest BCUT2D eigenvalue weighted by Gasteiger charge is -1.98. The number of carboxylic acids is 1. The predicted molar refractivity (Wildman–Crippen MR) is 63.8 cm³/mol. The first-order chi connectivity index (χ1) is 7.70. The van der Waals surface area contributed by atoms with Crippen LogP contribution in [0.3, 0.4) is 0 Å². The van der Waals surface area contributed by atoms with Gasteiger partial charge in [-0.2, -0.15) is 0 Å². The molecule has 1 aromatic carbocycles. The van der Waals surface area contributed by atoms with E-state index in [9.17, 15) is 4.79 Å². The number of rotatable bonds is 4. The van der Waals surface area contributed by atoms with E-state index in [4.69, 9.17) is 5.11 Å². The molecule has 0 aliphatic carbocycles. The number of aryl methyl sites for hydroxylation is 1. The van der Waals surface area contributed by atoms with Gasteiger partial charge in [0.15, 0.2) is 0 Å². The SMILES string of the molecule is CCCCn1cc2ccc(C(=O)O)cc2c1. The molecule has 0 saturated carbocycles. The third-order valence-electron chi connectivity index (χ3n) is 2.71. The van der Waals surface area contributed by atoms with Crippen molar-refractivity contribution in [3.63, 3.8) is 0 Å². The van der Waals surface area contributed by atoms with Crippen LogP contribution >= 0.6 is 0 Å². The van der Waals surface area contributed by atoms with E-state index in [1.807, 2.05) is 12.3 Å². The van der Waals surface area contributed by atoms with E-state index in [0.29, 0.717) is 5.56 Å². The van der Waals surface area contributed by atoms with Gasteiger partial charge in [-0.1, -0.05) is 19.4 Å². The van der Waals surface area contributed by atoms with Crippen molar-refractivity contribution in [1.29, 1.82) is 0 Å². The highest BCUT2D eigenvalue weighted by Gasteiger charge is 2.04. The van der Waals surface area contributed by atoms with Crippen LogP contribution in [0.25, 0.3) is 10.8 Å². The molecule has 2 aromatic rings. The zero-order chi connectivity index (χ0) is 11.5. The summed E-state index contributed by atoms with van der Waals surface area (Å²) in [5.41, 5.74) is 0.348. The van der Waals surface area contributed by atoms with Gasteiger partial charge in [0.25, 0.3) is 0 Å². The molecule has 0 radical (unpaired) electrons. The number of fused-ring (bicyclic) bond motifs is 1. The molecule has 1 N–H and O–H groups in total. The predicted octanol–water partition coefficient (Wildman–Crippen LogP) is 3.14. The maximum Gasteiger partial charge on any atom is 0.335 e. The topological polar surface area (TPSA) is 42.2 Å². The van der Waals surface area contributed by atoms with Gasteiger partial charge in [0.1, 0.15) is 0 Å². The molecule has 3 nitrogen and oxygen atoms in total. The Morgan fingerprint density at radius 1 is 1.31 bits per heavy atom. The van der Waals surface area contributed by atoms with Crippen molar-refractivity contribution in [1.82, 2.24) is 4.57 Å². The van der Waals surface area contributed by atoms with E-state index in [-0.39, 0.29) is 0 Å². The van der Waals surface area contributed by atoms with Crippen molar-refractivity contribution < 1.29 is 9.90 Å². The zero-order valence-corrected chi connectivity index (χ0v) is 9.31. The minimum absolute atomic E-state index is 0.348. The van der Waals surface area contributed by atoms with E-state index < -0.39 is 5.97 Å². The first-order valence-electron chi connectivity index (χ1n) is 5.53. The van der Waals surface area contributed by atoms with Crippen molar-refractivity contribution >= 4 is 16.7 Å². The van der Waals surface area contributed by atoms with Crippen molar-refractivity contribution in [3.05, 3.63) is 36.2 Å². The number of nitrogens with zero attached hydrogens (tertiary/aromatic N) is 1. The first-order valence-corrected chi connectivity index (χ1v) is 5.53. The van der Waals surface area contributed by atoms with E-state index in [1.165, 1.54) is 0 Å². The smallest absolute Gasteiger partial charge is 0.335 e. The molecule has 0 amide bonds. The second kappa shape index (κ2) is 4.39. The number of hydrogen-bond donors (Lipinski definition) is 1. The van der Waals surface area contributed by atoms with Crippen molar-refractivity contribution in [2.45, 2.75) is 26.3 Å². The third kappa shape index (κ3) is 2.08. The fraction of sp³-hybridized carbons (Fsp3) is 0.308. The summed E-state index contributed by atoms with van der Waals surface area (Å²) in [5.74, 6) is -0.872. The van der Waals surface area contributed by atoms with Gasteiger partial charge in [0, 0.05) is 24.3 Å². The average molecular weight is 217 g/mol. The molecule has 1 heterocycles. The van der Waals surface area contributed by atoms with Gasteiger partial charge in [-0.15, -0.1) is 0 Å². The molecule has 16 heavy (non-hydrogen) atoms. The molecule has 2 rings (SSSR count). The van der Waals surface area contributed by atoms with Gasteiger partial charge in [-0.05, 0) is 23.9 Å². The highest BCUT2D eigenvalue weighted by molar-refractivity contribution is 5.94. The monoisotopic (exact) mass is 217 g/mol. The number of benzene rings is 1. The number of carbonyl (C=O) groups is 1. The molecular weight excluding hydrogens is 202 g/mol. The summed E-state index contributed by atoms with van der Waals surface area (Å²) in [6.45, 7) is 3.15. The molecule has 0 aliphatic heterocycles. The quantitative estimate of drug-likeness (QED) is 0.854. The number of hydrogen-bond acceptors (Lipinski definition) is 1. The normalized spacial score (nSPS) is 10.8. The van der Waals surface area contributed by atoms with E-state index >= 15 is 0 Å². The number of carboxylic acid groups (broad SMARTS) is 1. The van der Waals surface area contributed by atoms with Crippen LogP contribution in [0.4, 0.5) is 0 Å². The van der Waals surface area contributed by atoms with Crippen LogP contribution in [0.15, 0.2) is 30.6 Å². The summed E-state index contributed by atoms with van der Waals surface area (Å²) in [6.07, 6.45) is 6.38. The molecule has 1 aromatic heterocycles. The lowest BCUT2D eigenvalue weighted by atomic mass is 10.1. The Labute approximate surface area is 94.3 Å². The summed E-state index contributed by atoms with van der Waals surface area (Å²) in [4.78, 5) is 10.8. The van der Waals surface area contributed by atoms with Crippen LogP contribution in [0.2, 0.25) is 0 Å². The van der Waals surface area contributed by atoms with Gasteiger partial charge in [-0.3, -0.25) is 0 Å². The van der Waals surface area contributed by atoms with Crippen LogP contribution in [0, 0.1) is 0 Å². The Balaban J connectivity index is 2.34. The van der Waals surface area contributed by atoms with Crippen LogP contribution in [0.1, 0.15) is 30.1 Å². The molecule has 0 bridgehead atoms. The van der Waals surface area contributed by atoms with Crippen LogP contribution in [-0.4, -0.2) is 15.6 Å². The zero-order valence-electron chi connectivity index (χ0n) is 9.31. The number of aromatic carboxylic acids is 1. The summed E-state index contributed by atoms with van der Waals surface area (Å²) in [5, 5.41) is 11.0. The maximum absolute atomic E-state index is 10.8. The molecule has 84 valence electrons. The van der Waals surface area contributed by atoms with Crippen LogP contribution in [-0.2, 0) is 6.54 Å². The highest BCUT2D eigenvalue weighted by Crippen LogP contribution is 2.17. The molecule has 0 atom stereocenters. The van der Waals surface area contributed by atoms with E-state index in [2.05, 4.69) is 17.7 Å². The molecule has 0 saturated heterocycles. The summed E-state index contributed by atoms with van der Waals surface area (Å²) in [7, 11) is 0. The highest BCUT2D eigenvalue weighted by atomic mass is 16.4. The fourth-order valence-corrected chi connectivity index (χ4v) is 1.80. The molecule has 0 fully saturated rings. The second-order valence-electron chi connectivity index (χ2n) is 4.00. The third-order valence-corrected chi connectivity index (χ3v) is 2.71. The molecular formula is C13H15NO2. The van der Waals surface area contributed by atoms with Gasteiger partial charge < -0.3 is 9.67 Å². The number of unbranched alkanes of at least 4 members (excludes halogenated alkanes) is 1. The number of aromatic nitrogens is 1. The van der Waals surface area contributed by atoms with Crippen molar-refractivity contribution in [2.75, 3.05) is 0 Å². The molecule has 0 spiro atoms. The Kier molecular flexibility index (Phi) is 2.95. The van der Waals surface area contributed by atoms with E-state index in [0.717, 1.165) is 30.2 Å². The standard InChI is InChI=1S/C13H15NO2/c1-2-3-6-14-8-11-5-4-10(13(15)16)7-12(11)9-14/h4-5,7-9H,2-3,6H2,1H3,(H,15,16). The summed E-state index contributed by atoms with van der Waals surface area (Å²) >= 11 is 0. The van der Waals surface area contributed by atoms with Crippen LogP contribution < -0.4 is 0 Å². The average Bonchev–Trinajstić information content (AvgIpc) is 2.67. The second-order valence-corrected chi connectivity index (χ2v) is 4.00. The molecule has 0 unspecified atom stereocenters. The van der Waals surface area contributed by atoms with Crippen LogP contribution in [0.5, 0.6) is 0 Å². The molecule has 3 heteroatoms. The van der Waals surface area contributed by atoms with Gasteiger partial charge in [0.2, 0.25) is 0 Å². The Bertz CT molecular complexity index is 514. The maximum atomic E-state index is 10.8. The first kappa shape index (κ1) is 10.7. The largest absolute Gasteiger partial charge is 0.478 e. The van der Waals surface area contributed by atoms with E-state index in [1.54, 1.807) is 12.1 Å². The lowest BCUT2D eigenvalue weighted by Crippen LogP contribution is -1.94. The fourth-order valence-electron chi connectivity index (χ4n) is 1.80. The lowest BCUT2D eigenvalue weighted by molar-refractivity contribution is 0.0697. The van der Waals surface area contributed by atoms with Gasteiger partial charge in [-0.25, -0.2) is 4.79 Å². The Morgan fingerprint density at radius 3 is 2.75 bits per heavy atom. The van der Waals surface area contributed by atoms with Crippen molar-refractivity contribution in [3.8, 4) is 0 Å². The summed E-state index contributed by atoms with van der Waals surface area (Å²) < 4.78 is 2.12. The molecule has 0 aliphatic rings. The van der Waals surface area contributed by atoms with Gasteiger partial charge >= 0.3 is 5.97 Å². The summed E-state index contributed by atoms with van der Waals surface area (Å²) in [6, 6.07) is 5.23.